The van der Waals surface area contributed by atoms with Crippen molar-refractivity contribution >= 4 is 16.9 Å². The molecular weight excluding hydrogens is 260 g/mol. The Bertz CT molecular complexity index is 302. The molecule has 1 N–H and O–H groups in total. The number of amidine groups is 1. The van der Waals surface area contributed by atoms with E-state index in [0.29, 0.717) is 6.10 Å². The molecule has 0 unspecified atom stereocenters. The van der Waals surface area contributed by atoms with Crippen LogP contribution in [0.4, 0.5) is 0 Å². The van der Waals surface area contributed by atoms with E-state index in [1.54, 1.807) is 0 Å². The van der Waals surface area contributed by atoms with E-state index in [4.69, 9.17) is 9.47 Å². The number of nitrogens with zero attached hydrogens (tertiary/aromatic N) is 1. The van der Waals surface area contributed by atoms with Crippen LogP contribution in [0.15, 0.2) is 4.99 Å². The van der Waals surface area contributed by atoms with Gasteiger partial charge in [0, 0.05) is 32.1 Å². The molecule has 2 aliphatic heterocycles. The maximum Gasteiger partial charge on any atom is 0.157 e. The predicted octanol–water partition coefficient (Wildman–Crippen LogP) is 2.43. The number of thioether (sulfide) groups is 1. The third-order valence-electron chi connectivity index (χ3n) is 3.57. The maximum absolute atomic E-state index is 5.52. The van der Waals surface area contributed by atoms with Gasteiger partial charge in [-0.05, 0) is 39.5 Å². The molecule has 2 rings (SSSR count). The smallest absolute Gasteiger partial charge is 0.157 e. The van der Waals surface area contributed by atoms with Crippen LogP contribution in [0.3, 0.4) is 0 Å². The van der Waals surface area contributed by atoms with Crippen molar-refractivity contribution in [3.63, 3.8) is 0 Å². The molecule has 5 heteroatoms. The van der Waals surface area contributed by atoms with E-state index in [9.17, 15) is 0 Å². The zero-order valence-electron chi connectivity index (χ0n) is 12.1. The fourth-order valence-electron chi connectivity index (χ4n) is 2.34. The third kappa shape index (κ3) is 4.97. The lowest BCUT2D eigenvalue weighted by Crippen LogP contribution is -2.48. The van der Waals surface area contributed by atoms with Crippen molar-refractivity contribution in [3.05, 3.63) is 0 Å². The van der Waals surface area contributed by atoms with Gasteiger partial charge in [-0.15, -0.1) is 0 Å². The van der Waals surface area contributed by atoms with E-state index in [1.807, 2.05) is 11.8 Å². The van der Waals surface area contributed by atoms with Crippen LogP contribution in [0.1, 0.15) is 39.5 Å². The molecular formula is C14H26N2O2S. The Hall–Kier alpha value is -0.260. The van der Waals surface area contributed by atoms with Crippen molar-refractivity contribution in [2.45, 2.75) is 51.2 Å². The van der Waals surface area contributed by atoms with Crippen molar-refractivity contribution in [2.75, 3.05) is 32.1 Å². The Labute approximate surface area is 120 Å². The Balaban J connectivity index is 1.62. The summed E-state index contributed by atoms with van der Waals surface area (Å²) in [6.45, 7) is 7.67. The number of aliphatic imine (C=N–C) groups is 1. The molecule has 1 spiro atoms. The molecule has 110 valence electrons. The lowest BCUT2D eigenvalue weighted by atomic mass is 9.93. The summed E-state index contributed by atoms with van der Waals surface area (Å²) in [5.41, 5.74) is 0.266. The van der Waals surface area contributed by atoms with Crippen molar-refractivity contribution < 1.29 is 9.47 Å². The fourth-order valence-corrected chi connectivity index (χ4v) is 3.58. The normalized spacial score (nSPS) is 24.3. The topological polar surface area (TPSA) is 42.8 Å². The molecule has 2 aliphatic rings. The summed E-state index contributed by atoms with van der Waals surface area (Å²) in [7, 11) is 0. The van der Waals surface area contributed by atoms with Crippen LogP contribution >= 0.6 is 11.8 Å². The molecule has 0 atom stereocenters. The number of nitrogens with one attached hydrogen (secondary N) is 1. The highest BCUT2D eigenvalue weighted by Gasteiger charge is 2.38. The van der Waals surface area contributed by atoms with E-state index in [-0.39, 0.29) is 5.54 Å². The second-order valence-electron chi connectivity index (χ2n) is 5.62. The minimum Gasteiger partial charge on any atom is -0.381 e. The van der Waals surface area contributed by atoms with Crippen molar-refractivity contribution in [1.82, 2.24) is 5.32 Å². The van der Waals surface area contributed by atoms with Crippen molar-refractivity contribution in [1.29, 1.82) is 0 Å². The van der Waals surface area contributed by atoms with E-state index in [2.05, 4.69) is 24.2 Å². The number of hydrogen-bond acceptors (Lipinski definition) is 4. The molecule has 0 aromatic rings. The average Bonchev–Trinajstić information content (AvgIpc) is 2.77. The lowest BCUT2D eigenvalue weighted by molar-refractivity contribution is 0.0555. The van der Waals surface area contributed by atoms with Crippen molar-refractivity contribution in [3.8, 4) is 0 Å². The Morgan fingerprint density at radius 1 is 1.37 bits per heavy atom. The number of unbranched alkanes of at least 4 members (excludes halogenated alkanes) is 1. The van der Waals surface area contributed by atoms with E-state index < -0.39 is 0 Å². The van der Waals surface area contributed by atoms with Crippen LogP contribution in [0.25, 0.3) is 0 Å². The quantitative estimate of drug-likeness (QED) is 0.762. The zero-order chi connectivity index (χ0) is 13.6. The van der Waals surface area contributed by atoms with Gasteiger partial charge in [0.2, 0.25) is 0 Å². The highest BCUT2D eigenvalue weighted by atomic mass is 32.2. The standard InChI is InChI=1S/C14H26N2O2S/c1-12(2)18-8-4-3-7-15-13-16-14(11-19-13)5-9-17-10-6-14/h12H,3-11H2,1-2H3,(H,15,16). The lowest BCUT2D eigenvalue weighted by Gasteiger charge is -2.32. The maximum atomic E-state index is 5.52. The fraction of sp³-hybridized carbons (Fsp3) is 0.929. The largest absolute Gasteiger partial charge is 0.381 e. The molecule has 0 bridgehead atoms. The average molecular weight is 286 g/mol. The van der Waals surface area contributed by atoms with E-state index in [0.717, 1.165) is 63.0 Å². The van der Waals surface area contributed by atoms with Gasteiger partial charge in [-0.2, -0.15) is 0 Å². The highest BCUT2D eigenvalue weighted by molar-refractivity contribution is 8.14. The first kappa shape index (κ1) is 15.1. The number of ether oxygens (including phenoxy) is 2. The SMILES string of the molecule is CC(C)OCCCCN=C1NC2(CCOCC2)CS1. The molecule has 19 heavy (non-hydrogen) atoms. The molecule has 0 radical (unpaired) electrons. The van der Waals surface area contributed by atoms with Gasteiger partial charge in [0.15, 0.2) is 5.17 Å². The first-order valence-corrected chi connectivity index (χ1v) is 8.34. The Kier molecular flexibility index (Phi) is 5.98. The minimum absolute atomic E-state index is 0.266. The van der Waals surface area contributed by atoms with Gasteiger partial charge in [-0.25, -0.2) is 0 Å². The van der Waals surface area contributed by atoms with Gasteiger partial charge in [-0.3, -0.25) is 4.99 Å². The molecule has 2 fully saturated rings. The Morgan fingerprint density at radius 2 is 2.16 bits per heavy atom. The molecule has 2 saturated heterocycles. The molecule has 0 aromatic carbocycles. The molecule has 0 saturated carbocycles. The van der Waals surface area contributed by atoms with Gasteiger partial charge in [-0.1, -0.05) is 11.8 Å². The Morgan fingerprint density at radius 3 is 2.89 bits per heavy atom. The van der Waals surface area contributed by atoms with Crippen molar-refractivity contribution in [2.24, 2.45) is 4.99 Å². The van der Waals surface area contributed by atoms with Gasteiger partial charge in [0.25, 0.3) is 0 Å². The molecule has 0 aromatic heterocycles. The summed E-state index contributed by atoms with van der Waals surface area (Å²) in [5.74, 6) is 1.14. The minimum atomic E-state index is 0.266. The molecule has 2 heterocycles. The summed E-state index contributed by atoms with van der Waals surface area (Å²) in [4.78, 5) is 4.66. The van der Waals surface area contributed by atoms with Gasteiger partial charge < -0.3 is 14.8 Å². The number of hydrogen-bond donors (Lipinski definition) is 1. The van der Waals surface area contributed by atoms with Crippen LogP contribution in [-0.2, 0) is 9.47 Å². The second-order valence-corrected chi connectivity index (χ2v) is 6.58. The van der Waals surface area contributed by atoms with E-state index >= 15 is 0 Å². The molecule has 0 amide bonds. The van der Waals surface area contributed by atoms with Crippen LogP contribution in [0.5, 0.6) is 0 Å². The van der Waals surface area contributed by atoms with Crippen LogP contribution in [-0.4, -0.2) is 48.9 Å². The van der Waals surface area contributed by atoms with Crippen LogP contribution in [0.2, 0.25) is 0 Å². The number of rotatable bonds is 6. The predicted molar refractivity (Wildman–Crippen MR) is 81.0 cm³/mol. The first-order valence-electron chi connectivity index (χ1n) is 7.35. The highest BCUT2D eigenvalue weighted by Crippen LogP contribution is 2.31. The van der Waals surface area contributed by atoms with Gasteiger partial charge >= 0.3 is 0 Å². The monoisotopic (exact) mass is 286 g/mol. The summed E-state index contributed by atoms with van der Waals surface area (Å²) in [6.07, 6.45) is 4.77. The molecule has 4 nitrogen and oxygen atoms in total. The molecule has 0 aliphatic carbocycles. The summed E-state index contributed by atoms with van der Waals surface area (Å²) < 4.78 is 11.0. The van der Waals surface area contributed by atoms with Crippen LogP contribution < -0.4 is 5.32 Å². The van der Waals surface area contributed by atoms with Gasteiger partial charge in [0.05, 0.1) is 11.6 Å². The van der Waals surface area contributed by atoms with Gasteiger partial charge in [0.1, 0.15) is 0 Å². The summed E-state index contributed by atoms with van der Waals surface area (Å²) in [5, 5.41) is 4.75. The summed E-state index contributed by atoms with van der Waals surface area (Å²) in [6, 6.07) is 0. The zero-order valence-corrected chi connectivity index (χ0v) is 12.9. The third-order valence-corrected chi connectivity index (χ3v) is 4.77. The van der Waals surface area contributed by atoms with E-state index in [1.165, 1.54) is 0 Å². The van der Waals surface area contributed by atoms with Crippen LogP contribution in [0, 0.1) is 0 Å². The second kappa shape index (κ2) is 7.50. The first-order chi connectivity index (χ1) is 9.20. The summed E-state index contributed by atoms with van der Waals surface area (Å²) >= 11 is 1.87.